The van der Waals surface area contributed by atoms with Crippen LogP contribution >= 0.6 is 11.6 Å². The molecule has 8 heteroatoms. The van der Waals surface area contributed by atoms with Crippen LogP contribution in [0.2, 0.25) is 5.02 Å². The van der Waals surface area contributed by atoms with Crippen molar-refractivity contribution in [3.63, 3.8) is 0 Å². The van der Waals surface area contributed by atoms with Crippen LogP contribution in [0.25, 0.3) is 5.69 Å². The molecule has 0 bridgehead atoms. The molecule has 0 radical (unpaired) electrons. The number of anilines is 1. The van der Waals surface area contributed by atoms with Crippen molar-refractivity contribution < 1.29 is 14.3 Å². The molecule has 0 saturated heterocycles. The summed E-state index contributed by atoms with van der Waals surface area (Å²) in [5.74, 6) is -1.21. The Kier molecular flexibility index (Phi) is 6.23. The molecule has 2 aromatic carbocycles. The van der Waals surface area contributed by atoms with E-state index in [-0.39, 0.29) is 16.9 Å². The Balaban J connectivity index is 2.02. The number of aromatic nitrogens is 2. The van der Waals surface area contributed by atoms with Crippen LogP contribution < -0.4 is 10.9 Å². The van der Waals surface area contributed by atoms with Crippen molar-refractivity contribution in [2.75, 3.05) is 12.4 Å². The van der Waals surface area contributed by atoms with Gasteiger partial charge in [0.05, 0.1) is 18.5 Å². The highest BCUT2D eigenvalue weighted by Gasteiger charge is 2.21. The molecule has 0 fully saturated rings. The van der Waals surface area contributed by atoms with E-state index < -0.39 is 11.8 Å². The lowest BCUT2D eigenvalue weighted by Gasteiger charge is -2.08. The number of hydrogen-bond acceptors (Lipinski definition) is 5. The third-order valence-electron chi connectivity index (χ3n) is 4.62. The van der Waals surface area contributed by atoms with Gasteiger partial charge in [0.2, 0.25) is 0 Å². The van der Waals surface area contributed by atoms with E-state index >= 15 is 0 Å². The van der Waals surface area contributed by atoms with Crippen LogP contribution in [0.15, 0.2) is 71.2 Å². The van der Waals surface area contributed by atoms with Gasteiger partial charge in [-0.1, -0.05) is 29.8 Å². The van der Waals surface area contributed by atoms with E-state index in [1.165, 1.54) is 11.8 Å². The summed E-state index contributed by atoms with van der Waals surface area (Å²) in [5.41, 5.74) is 1.24. The maximum Gasteiger partial charge on any atom is 0.354 e. The highest BCUT2D eigenvalue weighted by molar-refractivity contribution is 6.30. The highest BCUT2D eigenvalue weighted by Crippen LogP contribution is 2.17. The van der Waals surface area contributed by atoms with E-state index in [0.717, 1.165) is 6.08 Å². The molecule has 3 rings (SSSR count). The number of halogens is 1. The predicted octanol–water partition coefficient (Wildman–Crippen LogP) is 3.49. The SMILES string of the molecule is COC(=O)/C(=C/C(=O)c1ccc(Cl)cc1)Nc1c(C)n(C)n(-c2ccccc2)c1=O. The Labute approximate surface area is 178 Å². The van der Waals surface area contributed by atoms with Crippen molar-refractivity contribution in [1.82, 2.24) is 9.36 Å². The van der Waals surface area contributed by atoms with E-state index in [1.54, 1.807) is 55.1 Å². The van der Waals surface area contributed by atoms with Crippen molar-refractivity contribution in [1.29, 1.82) is 0 Å². The van der Waals surface area contributed by atoms with E-state index in [0.29, 0.717) is 22.0 Å². The Morgan fingerprint density at radius 2 is 1.70 bits per heavy atom. The van der Waals surface area contributed by atoms with Crippen LogP contribution in [0.4, 0.5) is 5.69 Å². The summed E-state index contributed by atoms with van der Waals surface area (Å²) < 4.78 is 7.91. The van der Waals surface area contributed by atoms with Crippen LogP contribution in [-0.4, -0.2) is 28.2 Å². The van der Waals surface area contributed by atoms with Crippen molar-refractivity contribution >= 4 is 29.0 Å². The van der Waals surface area contributed by atoms with E-state index in [4.69, 9.17) is 16.3 Å². The van der Waals surface area contributed by atoms with Crippen LogP contribution in [-0.2, 0) is 16.6 Å². The molecule has 30 heavy (non-hydrogen) atoms. The molecule has 0 saturated carbocycles. The van der Waals surface area contributed by atoms with Crippen LogP contribution in [0.3, 0.4) is 0 Å². The lowest BCUT2D eigenvalue weighted by molar-refractivity contribution is -0.135. The molecule has 0 aliphatic heterocycles. The molecule has 0 unspecified atom stereocenters. The molecular formula is C22H20ClN3O4. The van der Waals surface area contributed by atoms with E-state index in [2.05, 4.69) is 5.32 Å². The topological polar surface area (TPSA) is 82.3 Å². The molecule has 3 aromatic rings. The smallest absolute Gasteiger partial charge is 0.354 e. The molecule has 0 spiro atoms. The zero-order valence-electron chi connectivity index (χ0n) is 16.7. The first-order valence-electron chi connectivity index (χ1n) is 9.04. The number of hydrogen-bond donors (Lipinski definition) is 1. The van der Waals surface area contributed by atoms with E-state index in [1.807, 2.05) is 18.2 Å². The normalized spacial score (nSPS) is 11.3. The minimum atomic E-state index is -0.772. The van der Waals surface area contributed by atoms with Crippen molar-refractivity contribution in [3.8, 4) is 5.69 Å². The number of ether oxygens (including phenoxy) is 1. The maximum atomic E-state index is 13.1. The van der Waals surface area contributed by atoms with Gasteiger partial charge in [-0.3, -0.25) is 14.3 Å². The number of carbonyl (C=O) groups excluding carboxylic acids is 2. The third kappa shape index (κ3) is 4.21. The standard InChI is InChI=1S/C22H20ClN3O4/c1-14-20(21(28)26(25(14)2)17-7-5-4-6-8-17)24-18(22(29)30-3)13-19(27)15-9-11-16(23)12-10-15/h4-13,24H,1-3H3/b18-13-. The summed E-state index contributed by atoms with van der Waals surface area (Å²) in [7, 11) is 2.93. The molecular weight excluding hydrogens is 406 g/mol. The van der Waals surface area contributed by atoms with Gasteiger partial charge in [-0.05, 0) is 43.3 Å². The quantitative estimate of drug-likeness (QED) is 0.371. The fourth-order valence-electron chi connectivity index (χ4n) is 2.93. The number of para-hydroxylation sites is 1. The second-order valence-corrected chi connectivity index (χ2v) is 6.92. The Morgan fingerprint density at radius 1 is 1.07 bits per heavy atom. The highest BCUT2D eigenvalue weighted by atomic mass is 35.5. The number of esters is 1. The van der Waals surface area contributed by atoms with Gasteiger partial charge in [0.15, 0.2) is 5.78 Å². The first-order chi connectivity index (χ1) is 14.3. The summed E-state index contributed by atoms with van der Waals surface area (Å²) in [6.45, 7) is 1.74. The van der Waals surface area contributed by atoms with E-state index in [9.17, 15) is 14.4 Å². The second kappa shape index (κ2) is 8.84. The number of methoxy groups -OCH3 is 1. The summed E-state index contributed by atoms with van der Waals surface area (Å²) in [4.78, 5) is 37.9. The molecule has 1 N–H and O–H groups in total. The fraction of sp³-hybridized carbons (Fsp3) is 0.136. The number of benzene rings is 2. The Morgan fingerprint density at radius 3 is 2.30 bits per heavy atom. The molecule has 0 atom stereocenters. The first kappa shape index (κ1) is 21.1. The molecule has 0 aliphatic rings. The lowest BCUT2D eigenvalue weighted by atomic mass is 10.1. The number of carbonyl (C=O) groups is 2. The summed E-state index contributed by atoms with van der Waals surface area (Å²) in [5, 5.41) is 3.28. The second-order valence-electron chi connectivity index (χ2n) is 6.48. The number of nitrogens with one attached hydrogen (secondary N) is 1. The monoisotopic (exact) mass is 425 g/mol. The molecule has 7 nitrogen and oxygen atoms in total. The minimum absolute atomic E-state index is 0.150. The van der Waals surface area contributed by atoms with Crippen molar-refractivity contribution in [3.05, 3.63) is 93.0 Å². The number of ketones is 1. The van der Waals surface area contributed by atoms with Gasteiger partial charge in [0.1, 0.15) is 11.4 Å². The first-order valence-corrected chi connectivity index (χ1v) is 9.42. The zero-order chi connectivity index (χ0) is 21.8. The Bertz CT molecular complexity index is 1180. The summed E-state index contributed by atoms with van der Waals surface area (Å²) >= 11 is 5.85. The van der Waals surface area contributed by atoms with Gasteiger partial charge >= 0.3 is 5.97 Å². The van der Waals surface area contributed by atoms with Crippen molar-refractivity contribution in [2.45, 2.75) is 6.92 Å². The van der Waals surface area contributed by atoms with Gasteiger partial charge in [0, 0.05) is 23.7 Å². The summed E-state index contributed by atoms with van der Waals surface area (Å²) in [6, 6.07) is 15.3. The van der Waals surface area contributed by atoms with Gasteiger partial charge in [-0.15, -0.1) is 0 Å². The molecule has 1 aromatic heterocycles. The number of rotatable bonds is 6. The van der Waals surface area contributed by atoms with Gasteiger partial charge < -0.3 is 10.1 Å². The van der Waals surface area contributed by atoms with Crippen LogP contribution in [0.1, 0.15) is 16.1 Å². The van der Waals surface area contributed by atoms with Crippen molar-refractivity contribution in [2.24, 2.45) is 7.05 Å². The average molecular weight is 426 g/mol. The number of allylic oxidation sites excluding steroid dienone is 1. The van der Waals surface area contributed by atoms with Crippen LogP contribution in [0, 0.1) is 6.92 Å². The third-order valence-corrected chi connectivity index (χ3v) is 4.88. The minimum Gasteiger partial charge on any atom is -0.464 e. The molecule has 1 heterocycles. The average Bonchev–Trinajstić information content (AvgIpc) is 2.96. The van der Waals surface area contributed by atoms with Gasteiger partial charge in [-0.25, -0.2) is 9.48 Å². The molecule has 0 amide bonds. The van der Waals surface area contributed by atoms with Crippen LogP contribution in [0.5, 0.6) is 0 Å². The Hall–Kier alpha value is -3.58. The fourth-order valence-corrected chi connectivity index (χ4v) is 3.06. The van der Waals surface area contributed by atoms with Gasteiger partial charge in [-0.2, -0.15) is 0 Å². The number of nitrogens with zero attached hydrogens (tertiary/aromatic N) is 2. The van der Waals surface area contributed by atoms with Gasteiger partial charge in [0.25, 0.3) is 5.56 Å². The molecule has 0 aliphatic carbocycles. The predicted molar refractivity (Wildman–Crippen MR) is 115 cm³/mol. The largest absolute Gasteiger partial charge is 0.464 e. The molecule has 154 valence electrons. The lowest BCUT2D eigenvalue weighted by Crippen LogP contribution is -2.22. The maximum absolute atomic E-state index is 13.1. The summed E-state index contributed by atoms with van der Waals surface area (Å²) in [6.07, 6.45) is 1.10. The zero-order valence-corrected chi connectivity index (χ0v) is 17.4.